The highest BCUT2D eigenvalue weighted by Gasteiger charge is 2.68. The van der Waals surface area contributed by atoms with Crippen LogP contribution in [0.1, 0.15) is 106 Å². The van der Waals surface area contributed by atoms with E-state index < -0.39 is 0 Å². The van der Waals surface area contributed by atoms with E-state index in [0.717, 1.165) is 44.9 Å². The lowest BCUT2D eigenvalue weighted by Gasteiger charge is -2.71. The number of methoxy groups -OCH3 is 1. The molecule has 0 aromatic carbocycles. The Kier molecular flexibility index (Phi) is 5.64. The third-order valence-electron chi connectivity index (χ3n) is 13.2. The largest absolute Gasteiger partial charge is 0.392 e. The fourth-order valence-electron chi connectivity index (χ4n) is 10.8. The zero-order chi connectivity index (χ0) is 24.8. The van der Waals surface area contributed by atoms with E-state index in [1.54, 1.807) is 12.7 Å². The topological polar surface area (TPSA) is 46.5 Å². The van der Waals surface area contributed by atoms with Crippen LogP contribution in [0.2, 0.25) is 0 Å². The van der Waals surface area contributed by atoms with E-state index in [4.69, 9.17) is 4.74 Å². The molecule has 1 N–H and O–H groups in total. The zero-order valence-electron chi connectivity index (χ0n) is 23.0. The van der Waals surface area contributed by atoms with Gasteiger partial charge in [0.25, 0.3) is 0 Å². The van der Waals surface area contributed by atoms with Crippen LogP contribution in [-0.2, 0) is 9.53 Å². The molecule has 4 unspecified atom stereocenters. The third-order valence-corrected chi connectivity index (χ3v) is 13.2. The lowest BCUT2D eigenvalue weighted by Crippen LogP contribution is -2.65. The average Bonchev–Trinajstić information content (AvgIpc) is 2.77. The number of hydrogen-bond donors (Lipinski definition) is 1. The standard InChI is InChI=1S/C31H50O3/c1-26(2)14-16-31(19-32)17-15-29(5)21(22(31)18-26)8-9-24-27(3)12-11-25(33)28(4,20-34-7)23(27)10-13-30(24,29)6/h8,19,22-25,33H,9-18,20H2,1-7H3/t22-,23?,24?,25-,27?,28-,29+,30+,31?/m0/s1. The van der Waals surface area contributed by atoms with Crippen molar-refractivity contribution in [1.82, 2.24) is 0 Å². The first-order chi connectivity index (χ1) is 15.8. The molecule has 4 saturated carbocycles. The van der Waals surface area contributed by atoms with Gasteiger partial charge in [0.2, 0.25) is 0 Å². The molecule has 0 aliphatic heterocycles. The highest BCUT2D eigenvalue weighted by Crippen LogP contribution is 2.75. The molecule has 0 aromatic rings. The number of rotatable bonds is 3. The Morgan fingerprint density at radius 2 is 1.68 bits per heavy atom. The van der Waals surface area contributed by atoms with E-state index in [-0.39, 0.29) is 33.2 Å². The normalized spacial score (nSPS) is 54.1. The summed E-state index contributed by atoms with van der Waals surface area (Å²) in [7, 11) is 1.79. The van der Waals surface area contributed by atoms with Crippen LogP contribution in [0.3, 0.4) is 0 Å². The van der Waals surface area contributed by atoms with Gasteiger partial charge in [-0.3, -0.25) is 0 Å². The maximum atomic E-state index is 12.6. The summed E-state index contributed by atoms with van der Waals surface area (Å²) in [6.45, 7) is 15.5. The Hall–Kier alpha value is -0.670. The number of hydrogen-bond acceptors (Lipinski definition) is 3. The molecule has 5 aliphatic carbocycles. The lowest BCUT2D eigenvalue weighted by molar-refractivity contribution is -0.216. The molecule has 0 amide bonds. The van der Waals surface area contributed by atoms with Gasteiger partial charge in [-0.2, -0.15) is 0 Å². The van der Waals surface area contributed by atoms with Gasteiger partial charge in [0.1, 0.15) is 6.29 Å². The third kappa shape index (κ3) is 3.04. The number of carbonyl (C=O) groups is 1. The highest BCUT2D eigenvalue weighted by molar-refractivity contribution is 5.63. The van der Waals surface area contributed by atoms with E-state index in [0.29, 0.717) is 29.8 Å². The van der Waals surface area contributed by atoms with E-state index >= 15 is 0 Å². The van der Waals surface area contributed by atoms with Gasteiger partial charge < -0.3 is 14.6 Å². The summed E-state index contributed by atoms with van der Waals surface area (Å²) in [5.74, 6) is 1.53. The van der Waals surface area contributed by atoms with Gasteiger partial charge in [0.15, 0.2) is 0 Å². The van der Waals surface area contributed by atoms with Gasteiger partial charge in [0.05, 0.1) is 12.7 Å². The Balaban J connectivity index is 1.57. The predicted octanol–water partition coefficient (Wildman–Crippen LogP) is 6.97. The molecule has 192 valence electrons. The van der Waals surface area contributed by atoms with Crippen LogP contribution in [0.15, 0.2) is 11.6 Å². The molecule has 0 heterocycles. The van der Waals surface area contributed by atoms with Crippen molar-refractivity contribution < 1.29 is 14.6 Å². The Morgan fingerprint density at radius 1 is 0.971 bits per heavy atom. The van der Waals surface area contributed by atoms with Gasteiger partial charge in [-0.25, -0.2) is 0 Å². The minimum absolute atomic E-state index is 0.128. The first kappa shape index (κ1) is 25.0. The molecule has 0 spiro atoms. The number of aliphatic hydroxyl groups excluding tert-OH is 1. The van der Waals surface area contributed by atoms with Gasteiger partial charge >= 0.3 is 0 Å². The van der Waals surface area contributed by atoms with Crippen LogP contribution in [0.25, 0.3) is 0 Å². The predicted molar refractivity (Wildman–Crippen MR) is 137 cm³/mol. The molecule has 9 atom stereocenters. The molecule has 0 bridgehead atoms. The van der Waals surface area contributed by atoms with Crippen LogP contribution in [-0.4, -0.2) is 31.2 Å². The van der Waals surface area contributed by atoms with Gasteiger partial charge in [-0.15, -0.1) is 0 Å². The number of fused-ring (bicyclic) bond motifs is 7. The van der Waals surface area contributed by atoms with E-state index in [1.807, 2.05) is 0 Å². The van der Waals surface area contributed by atoms with Gasteiger partial charge in [-0.1, -0.05) is 53.2 Å². The second-order valence-electron chi connectivity index (χ2n) is 15.1. The summed E-state index contributed by atoms with van der Waals surface area (Å²) in [5.41, 5.74) is 2.30. The second-order valence-corrected chi connectivity index (χ2v) is 15.1. The van der Waals surface area contributed by atoms with Crippen LogP contribution in [0, 0.1) is 50.2 Å². The summed E-state index contributed by atoms with van der Waals surface area (Å²) < 4.78 is 5.71. The first-order valence-corrected chi connectivity index (χ1v) is 14.2. The number of aldehydes is 1. The monoisotopic (exact) mass is 470 g/mol. The van der Waals surface area contributed by atoms with Crippen molar-refractivity contribution in [2.75, 3.05) is 13.7 Å². The second kappa shape index (κ2) is 7.67. The fraction of sp³-hybridized carbons (Fsp3) is 0.903. The number of ether oxygens (including phenoxy) is 1. The van der Waals surface area contributed by atoms with E-state index in [9.17, 15) is 9.90 Å². The highest BCUT2D eigenvalue weighted by atomic mass is 16.5. The molecular formula is C31H50O3. The van der Waals surface area contributed by atoms with Crippen molar-refractivity contribution in [3.05, 3.63) is 11.6 Å². The molecule has 4 fully saturated rings. The van der Waals surface area contributed by atoms with Crippen molar-refractivity contribution in [1.29, 1.82) is 0 Å². The minimum Gasteiger partial charge on any atom is -0.392 e. The summed E-state index contributed by atoms with van der Waals surface area (Å²) in [6.07, 6.45) is 14.9. The zero-order valence-corrected chi connectivity index (χ0v) is 23.0. The van der Waals surface area contributed by atoms with Crippen LogP contribution >= 0.6 is 0 Å². The van der Waals surface area contributed by atoms with Gasteiger partial charge in [0, 0.05) is 17.9 Å². The van der Waals surface area contributed by atoms with Gasteiger partial charge in [-0.05, 0) is 104 Å². The molecule has 5 rings (SSSR count). The van der Waals surface area contributed by atoms with Crippen molar-refractivity contribution in [2.45, 2.75) is 112 Å². The number of carbonyl (C=O) groups excluding carboxylic acids is 1. The van der Waals surface area contributed by atoms with Crippen LogP contribution in [0.4, 0.5) is 0 Å². The SMILES string of the molecule is COC[C@@]1(C)C2CC[C@]3(C)C(CC=C4[C@@H]5CC(C)(C)CCC5(C=O)CC[C@]43C)C2(C)CC[C@@H]1O. The molecule has 5 aliphatic rings. The molecule has 34 heavy (non-hydrogen) atoms. The molecule has 0 radical (unpaired) electrons. The van der Waals surface area contributed by atoms with E-state index in [2.05, 4.69) is 47.6 Å². The average molecular weight is 471 g/mol. The Labute approximate surface area is 208 Å². The van der Waals surface area contributed by atoms with E-state index in [1.165, 1.54) is 25.5 Å². The van der Waals surface area contributed by atoms with Crippen molar-refractivity contribution in [2.24, 2.45) is 50.2 Å². The maximum Gasteiger partial charge on any atom is 0.126 e. The summed E-state index contributed by atoms with van der Waals surface area (Å²) in [6, 6.07) is 0. The maximum absolute atomic E-state index is 12.6. The number of aliphatic hydroxyl groups is 1. The molecule has 0 aromatic heterocycles. The van der Waals surface area contributed by atoms with Crippen molar-refractivity contribution in [3.63, 3.8) is 0 Å². The quantitative estimate of drug-likeness (QED) is 0.358. The van der Waals surface area contributed by atoms with Crippen molar-refractivity contribution >= 4 is 6.29 Å². The fourth-order valence-corrected chi connectivity index (χ4v) is 10.8. The minimum atomic E-state index is -0.271. The van der Waals surface area contributed by atoms with Crippen LogP contribution in [0.5, 0.6) is 0 Å². The lowest BCUT2D eigenvalue weighted by atomic mass is 9.33. The van der Waals surface area contributed by atoms with Crippen LogP contribution < -0.4 is 0 Å². The smallest absolute Gasteiger partial charge is 0.126 e. The molecule has 0 saturated heterocycles. The van der Waals surface area contributed by atoms with Crippen molar-refractivity contribution in [3.8, 4) is 0 Å². The number of allylic oxidation sites excluding steroid dienone is 2. The summed E-state index contributed by atoms with van der Waals surface area (Å²) >= 11 is 0. The first-order valence-electron chi connectivity index (χ1n) is 14.2. The Bertz CT molecular complexity index is 876. The molecule has 3 nitrogen and oxygen atoms in total. The Morgan fingerprint density at radius 3 is 2.35 bits per heavy atom. The summed E-state index contributed by atoms with van der Waals surface area (Å²) in [4.78, 5) is 12.6. The summed E-state index contributed by atoms with van der Waals surface area (Å²) in [5, 5.41) is 11.1. The molecule has 3 heteroatoms. The molecular weight excluding hydrogens is 420 g/mol.